The molecule has 0 aliphatic rings. The van der Waals surface area contributed by atoms with Crippen molar-refractivity contribution < 1.29 is 22.3 Å². The van der Waals surface area contributed by atoms with Gasteiger partial charge in [-0.3, -0.25) is 0 Å². The summed E-state index contributed by atoms with van der Waals surface area (Å²) in [7, 11) is -0.943. The molecule has 0 aliphatic heterocycles. The van der Waals surface area contributed by atoms with Gasteiger partial charge in [-0.2, -0.15) is 4.31 Å². The number of ether oxygens (including phenoxy) is 2. The lowest BCUT2D eigenvalue weighted by molar-refractivity contribution is 0.341. The minimum Gasteiger partial charge on any atom is -0.493 e. The van der Waals surface area contributed by atoms with Crippen molar-refractivity contribution in [2.24, 2.45) is 0 Å². The second-order valence-electron chi connectivity index (χ2n) is 7.30. The van der Waals surface area contributed by atoms with Crippen LogP contribution in [0.15, 0.2) is 78.0 Å². The van der Waals surface area contributed by atoms with E-state index in [1.165, 1.54) is 53.8 Å². The zero-order chi connectivity index (χ0) is 24.1. The molecule has 0 amide bonds. The first-order valence-electron chi connectivity index (χ1n) is 10.2. The summed E-state index contributed by atoms with van der Waals surface area (Å²) in [6.45, 7) is 0.0343. The molecule has 0 radical (unpaired) electrons. The van der Waals surface area contributed by atoms with Crippen LogP contribution in [0.5, 0.6) is 11.5 Å². The van der Waals surface area contributed by atoms with Gasteiger partial charge in [0.25, 0.3) is 0 Å². The molecule has 34 heavy (non-hydrogen) atoms. The Morgan fingerprint density at radius 3 is 2.29 bits per heavy atom. The van der Waals surface area contributed by atoms with E-state index in [0.29, 0.717) is 28.3 Å². The smallest absolute Gasteiger partial charge is 0.243 e. The zero-order valence-electron chi connectivity index (χ0n) is 18.5. The number of aromatic nitrogens is 4. The number of rotatable bonds is 9. The molecule has 9 nitrogen and oxygen atoms in total. The minimum absolute atomic E-state index is 0.00876. The number of benzene rings is 3. The van der Waals surface area contributed by atoms with E-state index in [1.54, 1.807) is 42.5 Å². The summed E-state index contributed by atoms with van der Waals surface area (Å²) in [4.78, 5) is 0.0910. The first-order chi connectivity index (χ1) is 16.4. The topological polar surface area (TPSA) is 99.4 Å². The van der Waals surface area contributed by atoms with Gasteiger partial charge in [-0.15, -0.1) is 5.10 Å². The maximum Gasteiger partial charge on any atom is 0.243 e. The van der Waals surface area contributed by atoms with Crippen molar-refractivity contribution in [2.75, 3.05) is 14.2 Å². The number of para-hydroxylation sites is 1. The van der Waals surface area contributed by atoms with Crippen molar-refractivity contribution >= 4 is 10.0 Å². The van der Waals surface area contributed by atoms with Crippen molar-refractivity contribution in [3.63, 3.8) is 0 Å². The highest BCUT2D eigenvalue weighted by molar-refractivity contribution is 7.89. The number of hydrogen-bond acceptors (Lipinski definition) is 7. The quantitative estimate of drug-likeness (QED) is 0.360. The lowest BCUT2D eigenvalue weighted by Crippen LogP contribution is -2.30. The first kappa shape index (κ1) is 23.3. The van der Waals surface area contributed by atoms with Crippen LogP contribution >= 0.6 is 0 Å². The Morgan fingerprint density at radius 1 is 0.941 bits per heavy atom. The molecule has 0 saturated heterocycles. The molecule has 0 N–H and O–H groups in total. The van der Waals surface area contributed by atoms with E-state index in [4.69, 9.17) is 9.47 Å². The molecule has 0 saturated carbocycles. The standard InChI is InChI=1S/C23H22FN5O4S/c1-32-22-5-3-4-18(23(22)33-2)15-28(14-17-6-8-19(24)9-7-17)34(30,31)21-12-10-20(11-13-21)29-16-25-26-27-29/h3-13,16H,14-15H2,1-2H3. The summed E-state index contributed by atoms with van der Waals surface area (Å²) in [6.07, 6.45) is 1.42. The third kappa shape index (κ3) is 4.90. The molecule has 0 unspecified atom stereocenters. The van der Waals surface area contributed by atoms with Crippen LogP contribution in [0, 0.1) is 5.82 Å². The van der Waals surface area contributed by atoms with Gasteiger partial charge in [0.15, 0.2) is 11.5 Å². The fourth-order valence-corrected chi connectivity index (χ4v) is 4.89. The number of nitrogens with zero attached hydrogens (tertiary/aromatic N) is 5. The Morgan fingerprint density at radius 2 is 1.68 bits per heavy atom. The average Bonchev–Trinajstić information content (AvgIpc) is 3.40. The second kappa shape index (κ2) is 9.98. The molecule has 0 fully saturated rings. The monoisotopic (exact) mass is 483 g/mol. The fourth-order valence-electron chi connectivity index (χ4n) is 3.49. The molecule has 1 aromatic heterocycles. The number of tetrazole rings is 1. The van der Waals surface area contributed by atoms with Crippen LogP contribution in [-0.4, -0.2) is 47.1 Å². The molecular weight excluding hydrogens is 461 g/mol. The molecule has 0 atom stereocenters. The van der Waals surface area contributed by atoms with E-state index in [-0.39, 0.29) is 18.0 Å². The van der Waals surface area contributed by atoms with E-state index >= 15 is 0 Å². The lowest BCUT2D eigenvalue weighted by Gasteiger charge is -2.24. The van der Waals surface area contributed by atoms with Crippen molar-refractivity contribution in [2.45, 2.75) is 18.0 Å². The number of sulfonamides is 1. The van der Waals surface area contributed by atoms with Gasteiger partial charge in [0, 0.05) is 18.7 Å². The van der Waals surface area contributed by atoms with Crippen molar-refractivity contribution in [1.29, 1.82) is 0 Å². The van der Waals surface area contributed by atoms with Crippen molar-refractivity contribution in [1.82, 2.24) is 24.5 Å². The Bertz CT molecular complexity index is 1350. The number of halogens is 1. The van der Waals surface area contributed by atoms with Crippen LogP contribution in [0.3, 0.4) is 0 Å². The van der Waals surface area contributed by atoms with Gasteiger partial charge in [-0.05, 0) is 58.5 Å². The molecule has 176 valence electrons. The Balaban J connectivity index is 1.72. The highest BCUT2D eigenvalue weighted by atomic mass is 32.2. The average molecular weight is 484 g/mol. The van der Waals surface area contributed by atoms with E-state index in [0.717, 1.165) is 0 Å². The molecule has 0 spiro atoms. The number of hydrogen-bond donors (Lipinski definition) is 0. The SMILES string of the molecule is COc1cccc(CN(Cc2ccc(F)cc2)S(=O)(=O)c2ccc(-n3cnnn3)cc2)c1OC. The van der Waals surface area contributed by atoms with E-state index < -0.39 is 15.8 Å². The predicted octanol–water partition coefficient (Wildman–Crippen LogP) is 3.21. The second-order valence-corrected chi connectivity index (χ2v) is 9.24. The Hall–Kier alpha value is -3.83. The van der Waals surface area contributed by atoms with Gasteiger partial charge >= 0.3 is 0 Å². The van der Waals surface area contributed by atoms with Gasteiger partial charge in [0.1, 0.15) is 12.1 Å². The van der Waals surface area contributed by atoms with Gasteiger partial charge in [0.2, 0.25) is 10.0 Å². The highest BCUT2D eigenvalue weighted by Gasteiger charge is 2.27. The van der Waals surface area contributed by atoms with E-state index in [2.05, 4.69) is 15.5 Å². The van der Waals surface area contributed by atoms with Gasteiger partial charge < -0.3 is 9.47 Å². The van der Waals surface area contributed by atoms with Crippen LogP contribution in [0.1, 0.15) is 11.1 Å². The molecule has 0 aliphatic carbocycles. The molecule has 11 heteroatoms. The zero-order valence-corrected chi connectivity index (χ0v) is 19.3. The van der Waals surface area contributed by atoms with Crippen LogP contribution in [0.25, 0.3) is 5.69 Å². The largest absolute Gasteiger partial charge is 0.493 e. The Labute approximate surface area is 196 Å². The summed E-state index contributed by atoms with van der Waals surface area (Å²) >= 11 is 0. The van der Waals surface area contributed by atoms with Crippen LogP contribution in [0.4, 0.5) is 4.39 Å². The molecule has 4 aromatic rings. The van der Waals surface area contributed by atoms with Crippen LogP contribution < -0.4 is 9.47 Å². The summed E-state index contributed by atoms with van der Waals surface area (Å²) in [5, 5.41) is 11.0. The van der Waals surface area contributed by atoms with Gasteiger partial charge in [-0.1, -0.05) is 24.3 Å². The molecular formula is C23H22FN5O4S. The Kier molecular flexibility index (Phi) is 6.85. The molecule has 0 bridgehead atoms. The first-order valence-corrected chi connectivity index (χ1v) is 11.6. The summed E-state index contributed by atoms with van der Waals surface area (Å²) in [5.74, 6) is 0.536. The van der Waals surface area contributed by atoms with Crippen molar-refractivity contribution in [3.8, 4) is 17.2 Å². The minimum atomic E-state index is -3.96. The lowest BCUT2D eigenvalue weighted by atomic mass is 10.1. The molecule has 4 rings (SSSR count). The maximum absolute atomic E-state index is 13.7. The highest BCUT2D eigenvalue weighted by Crippen LogP contribution is 2.33. The normalized spacial score (nSPS) is 11.5. The maximum atomic E-state index is 13.7. The summed E-state index contributed by atoms with van der Waals surface area (Å²) in [6, 6.07) is 17.2. The summed E-state index contributed by atoms with van der Waals surface area (Å²) < 4.78 is 54.4. The van der Waals surface area contributed by atoms with Crippen molar-refractivity contribution in [3.05, 3.63) is 90.0 Å². The predicted molar refractivity (Wildman–Crippen MR) is 122 cm³/mol. The van der Waals surface area contributed by atoms with Gasteiger partial charge in [0.05, 0.1) is 24.8 Å². The fraction of sp³-hybridized carbons (Fsp3) is 0.174. The van der Waals surface area contributed by atoms with Crippen LogP contribution in [0.2, 0.25) is 0 Å². The van der Waals surface area contributed by atoms with E-state index in [1.807, 2.05) is 0 Å². The third-order valence-electron chi connectivity index (χ3n) is 5.19. The van der Waals surface area contributed by atoms with E-state index in [9.17, 15) is 12.8 Å². The third-order valence-corrected chi connectivity index (χ3v) is 7.00. The molecule has 1 heterocycles. The van der Waals surface area contributed by atoms with Gasteiger partial charge in [-0.25, -0.2) is 17.5 Å². The summed E-state index contributed by atoms with van der Waals surface area (Å²) in [5.41, 5.74) is 1.87. The number of methoxy groups -OCH3 is 2. The van der Waals surface area contributed by atoms with Crippen LogP contribution in [-0.2, 0) is 23.1 Å². The molecule has 3 aromatic carbocycles.